The standard InChI is InChI=1S/C17H34N2O/c1-3-18-13-17(8-4-5-15(2)11-17)14-19-9-6-16(12-19)7-10-20/h15-16,18,20H,3-14H2,1-2H3. The molecule has 118 valence electrons. The lowest BCUT2D eigenvalue weighted by Gasteiger charge is -2.43. The Morgan fingerprint density at radius 2 is 2.20 bits per heavy atom. The van der Waals surface area contributed by atoms with Crippen LogP contribution in [0.5, 0.6) is 0 Å². The highest BCUT2D eigenvalue weighted by molar-refractivity contribution is 4.91. The van der Waals surface area contributed by atoms with E-state index in [0.29, 0.717) is 12.0 Å². The molecule has 0 bridgehead atoms. The van der Waals surface area contributed by atoms with Gasteiger partial charge in [-0.1, -0.05) is 26.7 Å². The molecule has 0 amide bonds. The molecule has 1 heterocycles. The maximum absolute atomic E-state index is 9.11. The molecule has 0 spiro atoms. The van der Waals surface area contributed by atoms with Crippen LogP contribution in [0.15, 0.2) is 0 Å². The molecule has 20 heavy (non-hydrogen) atoms. The number of rotatable bonds is 7. The molecule has 1 saturated carbocycles. The molecule has 2 N–H and O–H groups in total. The lowest BCUT2D eigenvalue weighted by molar-refractivity contribution is 0.0893. The SMILES string of the molecule is CCNCC1(CN2CCC(CCO)C2)CCCC(C)C1. The average molecular weight is 282 g/mol. The zero-order valence-electron chi connectivity index (χ0n) is 13.5. The summed E-state index contributed by atoms with van der Waals surface area (Å²) in [6.07, 6.45) is 7.88. The second-order valence-electron chi connectivity index (χ2n) is 7.38. The van der Waals surface area contributed by atoms with Crippen LogP contribution in [0.2, 0.25) is 0 Å². The lowest BCUT2D eigenvalue weighted by atomic mass is 9.69. The zero-order chi connectivity index (χ0) is 14.4. The van der Waals surface area contributed by atoms with Crippen LogP contribution in [0.3, 0.4) is 0 Å². The van der Waals surface area contributed by atoms with Gasteiger partial charge in [0.1, 0.15) is 0 Å². The lowest BCUT2D eigenvalue weighted by Crippen LogP contribution is -2.46. The molecule has 0 aromatic rings. The van der Waals surface area contributed by atoms with Gasteiger partial charge in [0, 0.05) is 26.2 Å². The molecule has 2 rings (SSSR count). The molecule has 3 unspecified atom stereocenters. The summed E-state index contributed by atoms with van der Waals surface area (Å²) >= 11 is 0. The van der Waals surface area contributed by atoms with Crippen molar-refractivity contribution in [3.63, 3.8) is 0 Å². The quantitative estimate of drug-likeness (QED) is 0.753. The van der Waals surface area contributed by atoms with Gasteiger partial charge in [-0.05, 0) is 56.0 Å². The minimum Gasteiger partial charge on any atom is -0.396 e. The molecule has 0 radical (unpaired) electrons. The van der Waals surface area contributed by atoms with Crippen LogP contribution < -0.4 is 5.32 Å². The van der Waals surface area contributed by atoms with Gasteiger partial charge in [-0.15, -0.1) is 0 Å². The van der Waals surface area contributed by atoms with Crippen molar-refractivity contribution in [2.24, 2.45) is 17.3 Å². The monoisotopic (exact) mass is 282 g/mol. The fourth-order valence-electron chi connectivity index (χ4n) is 4.47. The maximum atomic E-state index is 9.11. The van der Waals surface area contributed by atoms with E-state index in [1.807, 2.05) is 0 Å². The van der Waals surface area contributed by atoms with Crippen molar-refractivity contribution in [1.29, 1.82) is 0 Å². The van der Waals surface area contributed by atoms with Gasteiger partial charge in [-0.25, -0.2) is 0 Å². The second kappa shape index (κ2) is 7.77. The highest BCUT2D eigenvalue weighted by Crippen LogP contribution is 2.40. The summed E-state index contributed by atoms with van der Waals surface area (Å²) in [4.78, 5) is 2.68. The molecule has 3 atom stereocenters. The Morgan fingerprint density at radius 1 is 1.35 bits per heavy atom. The van der Waals surface area contributed by atoms with Crippen LogP contribution in [0, 0.1) is 17.3 Å². The highest BCUT2D eigenvalue weighted by Gasteiger charge is 2.37. The Bertz CT molecular complexity index is 284. The first-order chi connectivity index (χ1) is 9.67. The Morgan fingerprint density at radius 3 is 2.90 bits per heavy atom. The smallest absolute Gasteiger partial charge is 0.0434 e. The first-order valence-electron chi connectivity index (χ1n) is 8.71. The molecular weight excluding hydrogens is 248 g/mol. The van der Waals surface area contributed by atoms with E-state index in [-0.39, 0.29) is 0 Å². The third kappa shape index (κ3) is 4.44. The first kappa shape index (κ1) is 16.3. The number of hydrogen-bond donors (Lipinski definition) is 2. The molecule has 0 aromatic carbocycles. The Kier molecular flexibility index (Phi) is 6.31. The van der Waals surface area contributed by atoms with Crippen LogP contribution in [-0.4, -0.2) is 49.3 Å². The summed E-state index contributed by atoms with van der Waals surface area (Å²) in [5.74, 6) is 1.62. The maximum Gasteiger partial charge on any atom is 0.0434 e. The summed E-state index contributed by atoms with van der Waals surface area (Å²) in [5, 5.41) is 12.7. The van der Waals surface area contributed by atoms with Crippen LogP contribution in [0.4, 0.5) is 0 Å². The van der Waals surface area contributed by atoms with Gasteiger partial charge in [0.2, 0.25) is 0 Å². The van der Waals surface area contributed by atoms with Gasteiger partial charge < -0.3 is 15.3 Å². The first-order valence-corrected chi connectivity index (χ1v) is 8.71. The van der Waals surface area contributed by atoms with Crippen molar-refractivity contribution in [2.75, 3.05) is 39.3 Å². The summed E-state index contributed by atoms with van der Waals surface area (Å²) in [6.45, 7) is 11.0. The predicted octanol–water partition coefficient (Wildman–Crippen LogP) is 2.50. The van der Waals surface area contributed by atoms with E-state index in [9.17, 15) is 0 Å². The summed E-state index contributed by atoms with van der Waals surface area (Å²) < 4.78 is 0. The van der Waals surface area contributed by atoms with Gasteiger partial charge in [0.25, 0.3) is 0 Å². The van der Waals surface area contributed by atoms with Crippen molar-refractivity contribution in [3.8, 4) is 0 Å². The molecule has 2 fully saturated rings. The molecule has 0 aromatic heterocycles. The third-order valence-corrected chi connectivity index (χ3v) is 5.40. The predicted molar refractivity (Wildman–Crippen MR) is 84.9 cm³/mol. The van der Waals surface area contributed by atoms with Crippen molar-refractivity contribution in [2.45, 2.75) is 52.4 Å². The fraction of sp³-hybridized carbons (Fsp3) is 1.00. The minimum atomic E-state index is 0.359. The van der Waals surface area contributed by atoms with Crippen molar-refractivity contribution >= 4 is 0 Å². The third-order valence-electron chi connectivity index (χ3n) is 5.40. The molecule has 1 saturated heterocycles. The van der Waals surface area contributed by atoms with Crippen molar-refractivity contribution < 1.29 is 5.11 Å². The van der Waals surface area contributed by atoms with Crippen LogP contribution in [0.1, 0.15) is 52.4 Å². The van der Waals surface area contributed by atoms with E-state index < -0.39 is 0 Å². The van der Waals surface area contributed by atoms with E-state index in [1.165, 1.54) is 58.3 Å². The summed E-state index contributed by atoms with van der Waals surface area (Å²) in [6, 6.07) is 0. The number of likely N-dealkylation sites (tertiary alicyclic amines) is 1. The molecule has 1 aliphatic carbocycles. The van der Waals surface area contributed by atoms with E-state index in [2.05, 4.69) is 24.1 Å². The molecule has 1 aliphatic heterocycles. The number of hydrogen-bond acceptors (Lipinski definition) is 3. The molecule has 3 heteroatoms. The Balaban J connectivity index is 1.90. The Hall–Kier alpha value is -0.120. The van der Waals surface area contributed by atoms with E-state index in [0.717, 1.165) is 24.8 Å². The van der Waals surface area contributed by atoms with E-state index >= 15 is 0 Å². The topological polar surface area (TPSA) is 35.5 Å². The largest absolute Gasteiger partial charge is 0.396 e. The number of aliphatic hydroxyl groups excluding tert-OH is 1. The zero-order valence-corrected chi connectivity index (χ0v) is 13.5. The number of nitrogens with one attached hydrogen (secondary N) is 1. The van der Waals surface area contributed by atoms with Crippen LogP contribution in [-0.2, 0) is 0 Å². The van der Waals surface area contributed by atoms with Gasteiger partial charge in [-0.2, -0.15) is 0 Å². The molecular formula is C17H34N2O. The average Bonchev–Trinajstić information content (AvgIpc) is 2.84. The second-order valence-corrected chi connectivity index (χ2v) is 7.38. The van der Waals surface area contributed by atoms with E-state index in [4.69, 9.17) is 5.11 Å². The minimum absolute atomic E-state index is 0.359. The normalized spacial score (nSPS) is 35.5. The molecule has 3 nitrogen and oxygen atoms in total. The van der Waals surface area contributed by atoms with Gasteiger partial charge in [0.05, 0.1) is 0 Å². The van der Waals surface area contributed by atoms with Gasteiger partial charge >= 0.3 is 0 Å². The van der Waals surface area contributed by atoms with Crippen LogP contribution >= 0.6 is 0 Å². The van der Waals surface area contributed by atoms with Crippen molar-refractivity contribution in [3.05, 3.63) is 0 Å². The number of nitrogens with zero attached hydrogens (tertiary/aromatic N) is 1. The highest BCUT2D eigenvalue weighted by atomic mass is 16.3. The summed E-state index contributed by atoms with van der Waals surface area (Å²) in [5.41, 5.74) is 0.502. The Labute approximate surface area is 125 Å². The fourth-order valence-corrected chi connectivity index (χ4v) is 4.47. The van der Waals surface area contributed by atoms with E-state index in [1.54, 1.807) is 0 Å². The van der Waals surface area contributed by atoms with Crippen LogP contribution in [0.25, 0.3) is 0 Å². The molecule has 2 aliphatic rings. The van der Waals surface area contributed by atoms with Gasteiger partial charge in [0.15, 0.2) is 0 Å². The summed E-state index contributed by atoms with van der Waals surface area (Å²) in [7, 11) is 0. The number of aliphatic hydroxyl groups is 1. The van der Waals surface area contributed by atoms with Gasteiger partial charge in [-0.3, -0.25) is 0 Å². The van der Waals surface area contributed by atoms with Crippen molar-refractivity contribution in [1.82, 2.24) is 10.2 Å².